The highest BCUT2D eigenvalue weighted by atomic mass is 32.1. The van der Waals surface area contributed by atoms with Gasteiger partial charge >= 0.3 is 6.09 Å². The van der Waals surface area contributed by atoms with Gasteiger partial charge in [0, 0.05) is 51.8 Å². The van der Waals surface area contributed by atoms with E-state index in [1.165, 1.54) is 23.7 Å². The number of aliphatic hydroxyl groups excluding tert-OH is 1. The summed E-state index contributed by atoms with van der Waals surface area (Å²) in [5, 5.41) is 15.1. The van der Waals surface area contributed by atoms with E-state index in [2.05, 4.69) is 40.2 Å². The van der Waals surface area contributed by atoms with E-state index >= 15 is 0 Å². The standard InChI is InChI=1S/C34H41N3O5S/c1-34(2,3)35-33(40)42-24-9-7-14-36(20-24)32(39)23-17-28(41-4)30-25(13-15-38)31(43-29(30)18-23)27-16-22-8-5-6-10-26(22)37(27)19-21-11-12-21/h5-6,8,10,16-18,21,24,38H,7,9,11-15,19-20H2,1-4H3,(H,35,40)/t24-/m1/s1. The molecule has 0 radical (unpaired) electrons. The Balaban J connectivity index is 1.35. The van der Waals surface area contributed by atoms with E-state index in [1.807, 2.05) is 32.9 Å². The number of nitrogens with zero attached hydrogens (tertiary/aromatic N) is 2. The quantitative estimate of drug-likeness (QED) is 0.237. The third kappa shape index (κ3) is 6.24. The normalized spacial score (nSPS) is 17.4. The summed E-state index contributed by atoms with van der Waals surface area (Å²) in [6, 6.07) is 14.5. The number of benzene rings is 2. The molecule has 228 valence electrons. The van der Waals surface area contributed by atoms with Crippen LogP contribution in [-0.4, -0.2) is 65.0 Å². The Morgan fingerprint density at radius 2 is 1.91 bits per heavy atom. The SMILES string of the molecule is COc1cc(C(=O)N2CCC[C@@H](OC(=O)NC(C)(C)C)C2)cc2sc(-c3cc4ccccc4n3CC3CC3)c(CCO)c12. The van der Waals surface area contributed by atoms with E-state index in [1.54, 1.807) is 23.3 Å². The molecule has 43 heavy (non-hydrogen) atoms. The number of likely N-dealkylation sites (tertiary alicyclic amines) is 1. The molecule has 2 fully saturated rings. The summed E-state index contributed by atoms with van der Waals surface area (Å²) < 4.78 is 15.0. The summed E-state index contributed by atoms with van der Waals surface area (Å²) in [6.07, 6.45) is 3.66. The maximum atomic E-state index is 13.8. The largest absolute Gasteiger partial charge is 0.496 e. The van der Waals surface area contributed by atoms with Crippen LogP contribution in [0, 0.1) is 5.92 Å². The lowest BCUT2D eigenvalue weighted by Gasteiger charge is -2.33. The zero-order valence-corrected chi connectivity index (χ0v) is 26.3. The van der Waals surface area contributed by atoms with Gasteiger partial charge in [-0.2, -0.15) is 0 Å². The Labute approximate surface area is 256 Å². The number of rotatable bonds is 8. The summed E-state index contributed by atoms with van der Waals surface area (Å²) in [5.74, 6) is 1.22. The Morgan fingerprint density at radius 3 is 2.63 bits per heavy atom. The van der Waals surface area contributed by atoms with Crippen LogP contribution in [0.5, 0.6) is 5.75 Å². The van der Waals surface area contributed by atoms with Crippen molar-refractivity contribution in [3.63, 3.8) is 0 Å². The van der Waals surface area contributed by atoms with Crippen molar-refractivity contribution in [3.8, 4) is 16.3 Å². The second kappa shape index (κ2) is 11.8. The minimum atomic E-state index is -0.462. The molecule has 2 amide bonds. The van der Waals surface area contributed by atoms with Gasteiger partial charge in [-0.05, 0) is 88.6 Å². The number of aliphatic hydroxyl groups is 1. The highest BCUT2D eigenvalue weighted by Crippen LogP contribution is 2.46. The maximum Gasteiger partial charge on any atom is 0.407 e. The number of hydrogen-bond acceptors (Lipinski definition) is 6. The van der Waals surface area contributed by atoms with E-state index in [-0.39, 0.29) is 18.6 Å². The average Bonchev–Trinajstić information content (AvgIpc) is 3.62. The Hall–Kier alpha value is -3.56. The number of hydrogen-bond donors (Lipinski definition) is 2. The number of alkyl carbamates (subject to hydrolysis) is 1. The zero-order chi connectivity index (χ0) is 30.3. The lowest BCUT2D eigenvalue weighted by Crippen LogP contribution is -2.47. The fourth-order valence-electron chi connectivity index (χ4n) is 6.14. The number of nitrogens with one attached hydrogen (secondary N) is 1. The van der Waals surface area contributed by atoms with Crippen LogP contribution in [0.15, 0.2) is 42.5 Å². The van der Waals surface area contributed by atoms with Gasteiger partial charge in [0.15, 0.2) is 0 Å². The van der Waals surface area contributed by atoms with Crippen molar-refractivity contribution in [2.75, 3.05) is 26.8 Å². The highest BCUT2D eigenvalue weighted by molar-refractivity contribution is 7.22. The summed E-state index contributed by atoms with van der Waals surface area (Å²) in [7, 11) is 1.63. The third-order valence-electron chi connectivity index (χ3n) is 8.28. The second-order valence-corrected chi connectivity index (χ2v) is 13.9. The molecule has 1 saturated carbocycles. The Bertz CT molecular complexity index is 1660. The van der Waals surface area contributed by atoms with Crippen LogP contribution in [0.1, 0.15) is 62.4 Å². The van der Waals surface area contributed by atoms with Crippen LogP contribution in [0.2, 0.25) is 0 Å². The molecule has 2 aliphatic rings. The van der Waals surface area contributed by atoms with E-state index in [0.29, 0.717) is 36.7 Å². The van der Waals surface area contributed by atoms with Crippen LogP contribution in [0.25, 0.3) is 31.6 Å². The van der Waals surface area contributed by atoms with Crippen molar-refractivity contribution < 1.29 is 24.2 Å². The van der Waals surface area contributed by atoms with Crippen molar-refractivity contribution >= 4 is 44.3 Å². The molecule has 3 heterocycles. The fourth-order valence-corrected chi connectivity index (χ4v) is 7.47. The van der Waals surface area contributed by atoms with Crippen molar-refractivity contribution in [2.45, 2.75) is 71.1 Å². The number of carbonyl (C=O) groups is 2. The first-order chi connectivity index (χ1) is 20.6. The van der Waals surface area contributed by atoms with Crippen molar-refractivity contribution in [2.24, 2.45) is 5.92 Å². The fraction of sp³-hybridized carbons (Fsp3) is 0.471. The predicted octanol–water partition coefficient (Wildman–Crippen LogP) is 6.61. The van der Waals surface area contributed by atoms with Crippen molar-refractivity contribution in [1.29, 1.82) is 0 Å². The van der Waals surface area contributed by atoms with Gasteiger partial charge in [-0.1, -0.05) is 18.2 Å². The molecular weight excluding hydrogens is 562 g/mol. The zero-order valence-electron chi connectivity index (χ0n) is 25.4. The van der Waals surface area contributed by atoms with Crippen LogP contribution >= 0.6 is 11.3 Å². The van der Waals surface area contributed by atoms with Gasteiger partial charge in [0.25, 0.3) is 5.91 Å². The molecule has 9 heteroatoms. The van der Waals surface area contributed by atoms with E-state index < -0.39 is 11.6 Å². The Kier molecular flexibility index (Phi) is 8.13. The first kappa shape index (κ1) is 29.5. The molecule has 1 atom stereocenters. The van der Waals surface area contributed by atoms with Gasteiger partial charge < -0.3 is 29.4 Å². The third-order valence-corrected chi connectivity index (χ3v) is 9.48. The molecule has 6 rings (SSSR count). The second-order valence-electron chi connectivity index (χ2n) is 12.9. The van der Waals surface area contributed by atoms with Crippen LogP contribution in [0.3, 0.4) is 0 Å². The molecule has 1 aliphatic carbocycles. The molecule has 0 spiro atoms. The van der Waals surface area contributed by atoms with Crippen molar-refractivity contribution in [3.05, 3.63) is 53.6 Å². The van der Waals surface area contributed by atoms with Gasteiger partial charge in [0.1, 0.15) is 11.9 Å². The maximum absolute atomic E-state index is 13.8. The van der Waals surface area contributed by atoms with Gasteiger partial charge in [-0.3, -0.25) is 4.79 Å². The summed E-state index contributed by atoms with van der Waals surface area (Å²) >= 11 is 1.66. The van der Waals surface area contributed by atoms with Gasteiger partial charge in [-0.15, -0.1) is 11.3 Å². The Morgan fingerprint density at radius 1 is 1.12 bits per heavy atom. The molecular formula is C34H41N3O5S. The molecule has 4 aromatic rings. The van der Waals surface area contributed by atoms with Crippen LogP contribution in [-0.2, 0) is 17.7 Å². The van der Waals surface area contributed by atoms with Gasteiger partial charge in [0.05, 0.1) is 24.2 Å². The molecule has 8 nitrogen and oxygen atoms in total. The molecule has 1 saturated heterocycles. The number of aromatic nitrogens is 1. The number of methoxy groups -OCH3 is 1. The first-order valence-electron chi connectivity index (χ1n) is 15.3. The van der Waals surface area contributed by atoms with Crippen LogP contribution in [0.4, 0.5) is 4.79 Å². The lowest BCUT2D eigenvalue weighted by atomic mass is 10.0. The van der Waals surface area contributed by atoms with Gasteiger partial charge in [-0.25, -0.2) is 4.79 Å². The molecule has 2 aromatic heterocycles. The van der Waals surface area contributed by atoms with Crippen LogP contribution < -0.4 is 10.1 Å². The summed E-state index contributed by atoms with van der Waals surface area (Å²) in [4.78, 5) is 29.1. The number of fused-ring (bicyclic) bond motifs is 2. The van der Waals surface area contributed by atoms with E-state index in [9.17, 15) is 14.7 Å². The minimum Gasteiger partial charge on any atom is -0.496 e. The predicted molar refractivity (Wildman–Crippen MR) is 171 cm³/mol. The highest BCUT2D eigenvalue weighted by Gasteiger charge is 2.30. The molecule has 0 bridgehead atoms. The van der Waals surface area contributed by atoms with E-state index in [4.69, 9.17) is 9.47 Å². The average molecular weight is 604 g/mol. The number of carbonyl (C=O) groups excluding carboxylic acids is 2. The lowest BCUT2D eigenvalue weighted by molar-refractivity contribution is 0.0322. The van der Waals surface area contributed by atoms with E-state index in [0.717, 1.165) is 45.6 Å². The monoisotopic (exact) mass is 603 g/mol. The summed E-state index contributed by atoms with van der Waals surface area (Å²) in [5.41, 5.74) is 3.57. The molecule has 1 aliphatic heterocycles. The molecule has 0 unspecified atom stereocenters. The number of para-hydroxylation sites is 1. The summed E-state index contributed by atoms with van der Waals surface area (Å²) in [6.45, 7) is 7.66. The number of amides is 2. The number of piperidine rings is 1. The molecule has 2 aromatic carbocycles. The molecule has 2 N–H and O–H groups in total. The topological polar surface area (TPSA) is 93.0 Å². The van der Waals surface area contributed by atoms with Crippen molar-refractivity contribution in [1.82, 2.24) is 14.8 Å². The first-order valence-corrected chi connectivity index (χ1v) is 16.1. The number of thiophene rings is 1. The van der Waals surface area contributed by atoms with Gasteiger partial charge in [0.2, 0.25) is 0 Å². The number of ether oxygens (including phenoxy) is 2. The smallest absolute Gasteiger partial charge is 0.407 e. The minimum absolute atomic E-state index is 0.0173.